The molecule has 0 aliphatic carbocycles. The molecule has 0 amide bonds. The average Bonchev–Trinajstić information content (AvgIpc) is 2.06. The standard InChI is InChI=1S/C8H20N2.4ClH.4H3N.2Pt/c1-7(2,9)5-6-8(3,4)10;;;;;;;;;;/h5-6,9-10H2,1-4H3;4*1H;4*1H3;;/q;;;;;;;;;2*+2/p-4. The Morgan fingerprint density at radius 1 is 0.650 bits per heavy atom. The zero-order valence-electron chi connectivity index (χ0n) is 12.5. The maximum atomic E-state index is 5.79. The second-order valence-electron chi connectivity index (χ2n) is 4.48. The van der Waals surface area contributed by atoms with E-state index in [0.29, 0.717) is 0 Å². The Bertz CT molecular complexity index is 111. The van der Waals surface area contributed by atoms with Crippen LogP contribution in [0.5, 0.6) is 0 Å². The Balaban J connectivity index is -0.0000000159. The third-order valence-electron chi connectivity index (χ3n) is 1.41. The van der Waals surface area contributed by atoms with Gasteiger partial charge < -0.3 is 60.9 Å². The van der Waals surface area contributed by atoms with Crippen LogP contribution in [0.2, 0.25) is 0 Å². The summed E-state index contributed by atoms with van der Waals surface area (Å²) in [5.74, 6) is 0. The molecule has 20 heavy (non-hydrogen) atoms. The summed E-state index contributed by atoms with van der Waals surface area (Å²) in [6, 6.07) is 0. The van der Waals surface area contributed by atoms with Crippen molar-refractivity contribution < 1.29 is 62.4 Å². The van der Waals surface area contributed by atoms with E-state index in [9.17, 15) is 0 Å². The molecular formula is C8H32Cl4N6Pt2. The van der Waals surface area contributed by atoms with Gasteiger partial charge in [-0.2, -0.15) is 0 Å². The van der Waals surface area contributed by atoms with E-state index in [-0.39, 0.29) is 60.5 Å². The van der Waals surface area contributed by atoms with Gasteiger partial charge in [0.2, 0.25) is 0 Å². The first-order valence-corrected chi connectivity index (χ1v) is 9.65. The summed E-state index contributed by atoms with van der Waals surface area (Å²) in [4.78, 5) is 0. The third-order valence-corrected chi connectivity index (χ3v) is 1.41. The van der Waals surface area contributed by atoms with Gasteiger partial charge >= 0.3 is 56.4 Å². The van der Waals surface area contributed by atoms with Crippen molar-refractivity contribution in [3.05, 3.63) is 0 Å². The molecule has 0 spiro atoms. The predicted octanol–water partition coefficient (Wildman–Crippen LogP) is -2.73. The van der Waals surface area contributed by atoms with Crippen molar-refractivity contribution in [2.24, 2.45) is 11.5 Å². The van der Waals surface area contributed by atoms with E-state index in [4.69, 9.17) is 11.5 Å². The molecule has 0 fully saturated rings. The van der Waals surface area contributed by atoms with E-state index < -0.39 is 0 Å². The van der Waals surface area contributed by atoms with E-state index in [1.165, 1.54) is 0 Å². The second kappa shape index (κ2) is 33.0. The molecule has 142 valence electrons. The summed E-state index contributed by atoms with van der Waals surface area (Å²) in [7, 11) is 9.22. The third kappa shape index (κ3) is 87.4. The fraction of sp³-hybridized carbons (Fsp3) is 1.00. The molecule has 0 aromatic carbocycles. The fourth-order valence-corrected chi connectivity index (χ4v) is 0.644. The minimum atomic E-state index is -0.0728. The molecule has 12 heteroatoms. The first-order valence-electron chi connectivity index (χ1n) is 4.02. The summed E-state index contributed by atoms with van der Waals surface area (Å²) in [5.41, 5.74) is 11.4. The molecule has 0 aliphatic rings. The Morgan fingerprint density at radius 2 is 0.750 bits per heavy atom. The van der Waals surface area contributed by atoms with E-state index in [2.05, 4.69) is 18.8 Å². The number of hydrogen-bond acceptors (Lipinski definition) is 6. The van der Waals surface area contributed by atoms with Gasteiger partial charge in [-0.25, -0.2) is 0 Å². The van der Waals surface area contributed by atoms with Crippen LogP contribution in [0.25, 0.3) is 0 Å². The summed E-state index contributed by atoms with van der Waals surface area (Å²) >= 11 is 3.22. The summed E-state index contributed by atoms with van der Waals surface area (Å²) < 4.78 is 0. The van der Waals surface area contributed by atoms with Crippen LogP contribution in [0.4, 0.5) is 0 Å². The van der Waals surface area contributed by atoms with Crippen molar-refractivity contribution in [3.63, 3.8) is 0 Å². The minimum absolute atomic E-state index is 0. The van der Waals surface area contributed by atoms with Crippen LogP contribution in [-0.2, 0) is 37.5 Å². The van der Waals surface area contributed by atoms with Crippen LogP contribution in [-0.4, -0.2) is 11.1 Å². The number of nitrogens with two attached hydrogens (primary N) is 2. The average molecular weight is 744 g/mol. The SMILES string of the molecule is CC(C)(N)CCC(C)(C)N.N.N.N.N.[Cl-].[Cl-].[Cl][Pt+].[Cl][Pt+]. The van der Waals surface area contributed by atoms with Crippen LogP contribution in [0.1, 0.15) is 40.5 Å². The topological polar surface area (TPSA) is 192 Å². The molecule has 0 heterocycles. The van der Waals surface area contributed by atoms with Crippen LogP contribution in [0.3, 0.4) is 0 Å². The van der Waals surface area contributed by atoms with E-state index in [1.54, 1.807) is 37.5 Å². The number of hydrogen-bond donors (Lipinski definition) is 6. The van der Waals surface area contributed by atoms with E-state index >= 15 is 0 Å². The molecule has 0 unspecified atom stereocenters. The molecule has 0 atom stereocenters. The van der Waals surface area contributed by atoms with Crippen molar-refractivity contribution in [1.29, 1.82) is 0 Å². The summed E-state index contributed by atoms with van der Waals surface area (Å²) in [5, 5.41) is 0. The van der Waals surface area contributed by atoms with Gasteiger partial charge in [-0.1, -0.05) is 0 Å². The molecule has 0 saturated heterocycles. The molecule has 0 bridgehead atoms. The molecule has 6 nitrogen and oxygen atoms in total. The Kier molecular flexibility index (Phi) is 94.5. The summed E-state index contributed by atoms with van der Waals surface area (Å²) in [6.45, 7) is 8.11. The zero-order valence-corrected chi connectivity index (χ0v) is 20.1. The second-order valence-corrected chi connectivity index (χ2v) is 4.48. The van der Waals surface area contributed by atoms with Gasteiger partial charge in [0.1, 0.15) is 0 Å². The first kappa shape index (κ1) is 57.2. The zero-order chi connectivity index (χ0) is 12.4. The molecular weight excluding hydrogens is 712 g/mol. The van der Waals surface area contributed by atoms with Gasteiger partial charge in [-0.15, -0.1) is 0 Å². The molecule has 0 saturated carbocycles. The molecule has 0 aliphatic heterocycles. The van der Waals surface area contributed by atoms with E-state index in [0.717, 1.165) is 12.8 Å². The Labute approximate surface area is 167 Å². The van der Waals surface area contributed by atoms with Crippen LogP contribution in [0.15, 0.2) is 0 Å². The maximum absolute atomic E-state index is 5.79. The molecule has 0 radical (unpaired) electrons. The van der Waals surface area contributed by atoms with Crippen LogP contribution < -0.4 is 60.9 Å². The molecule has 0 aromatic heterocycles. The van der Waals surface area contributed by atoms with Crippen LogP contribution >= 0.6 is 18.8 Å². The van der Waals surface area contributed by atoms with E-state index in [1.807, 2.05) is 27.7 Å². The normalized spacial score (nSPS) is 7.60. The van der Waals surface area contributed by atoms with Gasteiger partial charge in [-0.05, 0) is 40.5 Å². The van der Waals surface area contributed by atoms with Crippen molar-refractivity contribution in [3.8, 4) is 0 Å². The number of halogens is 4. The van der Waals surface area contributed by atoms with Crippen molar-refractivity contribution in [2.75, 3.05) is 0 Å². The first-order chi connectivity index (χ1) is 6.21. The molecule has 16 N–H and O–H groups in total. The van der Waals surface area contributed by atoms with Gasteiger partial charge in [0.25, 0.3) is 0 Å². The predicted molar refractivity (Wildman–Crippen MR) is 77.6 cm³/mol. The summed E-state index contributed by atoms with van der Waals surface area (Å²) in [6.07, 6.45) is 1.97. The van der Waals surface area contributed by atoms with Crippen molar-refractivity contribution in [2.45, 2.75) is 51.6 Å². The monoisotopic (exact) mass is 742 g/mol. The van der Waals surface area contributed by atoms with Gasteiger partial charge in [-0.3, -0.25) is 0 Å². The molecule has 0 rings (SSSR count). The van der Waals surface area contributed by atoms with Crippen LogP contribution in [0, 0.1) is 0 Å². The van der Waals surface area contributed by atoms with Crippen molar-refractivity contribution in [1.82, 2.24) is 24.6 Å². The van der Waals surface area contributed by atoms with Crippen molar-refractivity contribution >= 4 is 18.8 Å². The van der Waals surface area contributed by atoms with Gasteiger partial charge in [0.15, 0.2) is 0 Å². The van der Waals surface area contributed by atoms with Gasteiger partial charge in [0.05, 0.1) is 0 Å². The fourth-order valence-electron chi connectivity index (χ4n) is 0.644. The Morgan fingerprint density at radius 3 is 0.800 bits per heavy atom. The quantitative estimate of drug-likeness (QED) is 0.182. The molecule has 0 aromatic rings. The van der Waals surface area contributed by atoms with Gasteiger partial charge in [0, 0.05) is 11.1 Å². The Hall–Kier alpha value is 2.30. The number of rotatable bonds is 3.